The summed E-state index contributed by atoms with van der Waals surface area (Å²) < 4.78 is 8.32. The lowest BCUT2D eigenvalue weighted by Gasteiger charge is -2.18. The molecule has 0 N–H and O–H groups in total. The van der Waals surface area contributed by atoms with Crippen molar-refractivity contribution in [2.24, 2.45) is 0 Å². The van der Waals surface area contributed by atoms with Crippen molar-refractivity contribution in [3.63, 3.8) is 0 Å². The van der Waals surface area contributed by atoms with Crippen molar-refractivity contribution in [1.82, 2.24) is 9.55 Å². The number of hydrogen-bond acceptors (Lipinski definition) is 2. The summed E-state index contributed by atoms with van der Waals surface area (Å²) >= 11 is 0. The molecule has 0 aliphatic rings. The van der Waals surface area contributed by atoms with Crippen molar-refractivity contribution < 1.29 is 4.74 Å². The number of ether oxygens (including phenoxy) is 1. The van der Waals surface area contributed by atoms with Gasteiger partial charge in [-0.15, -0.1) is 0 Å². The Bertz CT molecular complexity index is 844. The zero-order valence-electron chi connectivity index (χ0n) is 16.9. The smallest absolute Gasteiger partial charge is 0.144 e. The molecule has 0 radical (unpaired) electrons. The van der Waals surface area contributed by atoms with Crippen molar-refractivity contribution >= 4 is 0 Å². The molecule has 27 heavy (non-hydrogen) atoms. The van der Waals surface area contributed by atoms with Gasteiger partial charge in [0, 0.05) is 18.0 Å². The van der Waals surface area contributed by atoms with E-state index in [-0.39, 0.29) is 0 Å². The standard InChI is InChI=1S/C24H30N2O/c1-5-10-22(6-2)27-17-20-15-18(3)23(19(4)16-20)26-14-13-25-24(26)21-11-8-7-9-12-21/h7-9,11-16,22H,5-6,10,17H2,1-4H3. The van der Waals surface area contributed by atoms with Crippen LogP contribution in [0.4, 0.5) is 0 Å². The lowest BCUT2D eigenvalue weighted by Crippen LogP contribution is -2.11. The third kappa shape index (κ3) is 4.48. The molecule has 0 saturated heterocycles. The van der Waals surface area contributed by atoms with E-state index in [0.29, 0.717) is 12.7 Å². The Morgan fingerprint density at radius 1 is 1.04 bits per heavy atom. The van der Waals surface area contributed by atoms with Gasteiger partial charge in [0.15, 0.2) is 0 Å². The van der Waals surface area contributed by atoms with Gasteiger partial charge in [0.25, 0.3) is 0 Å². The summed E-state index contributed by atoms with van der Waals surface area (Å²) in [5.41, 5.74) is 6.05. The van der Waals surface area contributed by atoms with Gasteiger partial charge in [-0.3, -0.25) is 4.57 Å². The molecule has 0 amide bonds. The van der Waals surface area contributed by atoms with E-state index in [1.807, 2.05) is 18.5 Å². The topological polar surface area (TPSA) is 27.1 Å². The van der Waals surface area contributed by atoms with E-state index < -0.39 is 0 Å². The number of rotatable bonds is 8. The zero-order valence-corrected chi connectivity index (χ0v) is 16.9. The van der Waals surface area contributed by atoms with Gasteiger partial charge in [0.2, 0.25) is 0 Å². The molecule has 1 aromatic heterocycles. The average molecular weight is 363 g/mol. The molecule has 3 nitrogen and oxygen atoms in total. The van der Waals surface area contributed by atoms with Crippen molar-refractivity contribution in [3.05, 3.63) is 71.5 Å². The summed E-state index contributed by atoms with van der Waals surface area (Å²) in [6.07, 6.45) is 7.63. The third-order valence-electron chi connectivity index (χ3n) is 5.02. The molecule has 3 heteroatoms. The Kier molecular flexibility index (Phi) is 6.46. The molecular weight excluding hydrogens is 332 g/mol. The molecule has 0 bridgehead atoms. The zero-order chi connectivity index (χ0) is 19.2. The monoisotopic (exact) mass is 362 g/mol. The molecular formula is C24H30N2O. The predicted molar refractivity (Wildman–Crippen MR) is 112 cm³/mol. The quantitative estimate of drug-likeness (QED) is 0.473. The van der Waals surface area contributed by atoms with Crippen LogP contribution in [0, 0.1) is 13.8 Å². The minimum absolute atomic E-state index is 0.355. The van der Waals surface area contributed by atoms with Crippen LogP contribution in [0.25, 0.3) is 17.1 Å². The summed E-state index contributed by atoms with van der Waals surface area (Å²) in [5, 5.41) is 0. The maximum absolute atomic E-state index is 6.13. The minimum atomic E-state index is 0.355. The molecule has 0 aliphatic heterocycles. The molecule has 3 rings (SSSR count). The van der Waals surface area contributed by atoms with Gasteiger partial charge in [-0.05, 0) is 43.4 Å². The number of hydrogen-bond donors (Lipinski definition) is 0. The first-order valence-corrected chi connectivity index (χ1v) is 9.94. The van der Waals surface area contributed by atoms with Crippen LogP contribution in [0.1, 0.15) is 49.8 Å². The van der Waals surface area contributed by atoms with Crippen LogP contribution < -0.4 is 0 Å². The normalized spacial score (nSPS) is 12.3. The number of aryl methyl sites for hydroxylation is 2. The second-order valence-corrected chi connectivity index (χ2v) is 7.20. The highest BCUT2D eigenvalue weighted by molar-refractivity contribution is 5.61. The minimum Gasteiger partial charge on any atom is -0.374 e. The molecule has 0 fully saturated rings. The molecule has 3 aromatic rings. The van der Waals surface area contributed by atoms with Crippen LogP contribution in [0.15, 0.2) is 54.9 Å². The Morgan fingerprint density at radius 2 is 1.74 bits per heavy atom. The fourth-order valence-electron chi connectivity index (χ4n) is 3.73. The predicted octanol–water partition coefficient (Wildman–Crippen LogP) is 6.25. The molecule has 1 unspecified atom stereocenters. The first-order chi connectivity index (χ1) is 13.1. The van der Waals surface area contributed by atoms with E-state index >= 15 is 0 Å². The van der Waals surface area contributed by atoms with E-state index in [0.717, 1.165) is 24.2 Å². The Morgan fingerprint density at radius 3 is 2.37 bits per heavy atom. The van der Waals surface area contributed by atoms with E-state index in [2.05, 4.69) is 73.6 Å². The Hall–Kier alpha value is -2.39. The molecule has 1 atom stereocenters. The van der Waals surface area contributed by atoms with Crippen LogP contribution in [-0.2, 0) is 11.3 Å². The highest BCUT2D eigenvalue weighted by Gasteiger charge is 2.13. The largest absolute Gasteiger partial charge is 0.374 e. The molecule has 0 spiro atoms. The van der Waals surface area contributed by atoms with Gasteiger partial charge in [-0.2, -0.15) is 0 Å². The van der Waals surface area contributed by atoms with Gasteiger partial charge in [-0.25, -0.2) is 4.98 Å². The Labute approximate surface area is 163 Å². The molecule has 1 heterocycles. The lowest BCUT2D eigenvalue weighted by atomic mass is 10.0. The van der Waals surface area contributed by atoms with Gasteiger partial charge in [0.05, 0.1) is 18.4 Å². The number of imidazole rings is 1. The van der Waals surface area contributed by atoms with Crippen LogP contribution in [0.3, 0.4) is 0 Å². The highest BCUT2D eigenvalue weighted by atomic mass is 16.5. The summed E-state index contributed by atoms with van der Waals surface area (Å²) in [6, 6.07) is 14.8. The summed E-state index contributed by atoms with van der Waals surface area (Å²) in [4.78, 5) is 4.60. The Balaban J connectivity index is 1.88. The van der Waals surface area contributed by atoms with Gasteiger partial charge in [0.1, 0.15) is 5.82 Å². The second kappa shape index (κ2) is 9.01. The van der Waals surface area contributed by atoms with Crippen molar-refractivity contribution in [1.29, 1.82) is 0 Å². The van der Waals surface area contributed by atoms with Gasteiger partial charge < -0.3 is 4.74 Å². The number of aromatic nitrogens is 2. The van der Waals surface area contributed by atoms with Gasteiger partial charge >= 0.3 is 0 Å². The van der Waals surface area contributed by atoms with Crippen LogP contribution in [0.5, 0.6) is 0 Å². The van der Waals surface area contributed by atoms with E-state index in [1.165, 1.54) is 28.8 Å². The number of nitrogens with zero attached hydrogens (tertiary/aromatic N) is 2. The van der Waals surface area contributed by atoms with Crippen LogP contribution in [0.2, 0.25) is 0 Å². The van der Waals surface area contributed by atoms with E-state index in [1.54, 1.807) is 0 Å². The molecule has 142 valence electrons. The summed E-state index contributed by atoms with van der Waals surface area (Å²) in [6.45, 7) is 9.43. The second-order valence-electron chi connectivity index (χ2n) is 7.20. The molecule has 0 aliphatic carbocycles. The van der Waals surface area contributed by atoms with Crippen molar-refractivity contribution in [2.75, 3.05) is 0 Å². The maximum atomic E-state index is 6.13. The average Bonchev–Trinajstić information content (AvgIpc) is 3.14. The molecule has 2 aromatic carbocycles. The van der Waals surface area contributed by atoms with E-state index in [9.17, 15) is 0 Å². The van der Waals surface area contributed by atoms with Crippen molar-refractivity contribution in [3.8, 4) is 17.1 Å². The van der Waals surface area contributed by atoms with Crippen LogP contribution >= 0.6 is 0 Å². The third-order valence-corrected chi connectivity index (χ3v) is 5.02. The summed E-state index contributed by atoms with van der Waals surface area (Å²) in [5.74, 6) is 0.972. The highest BCUT2D eigenvalue weighted by Crippen LogP contribution is 2.27. The molecule has 0 saturated carbocycles. The fourth-order valence-corrected chi connectivity index (χ4v) is 3.73. The van der Waals surface area contributed by atoms with Gasteiger partial charge in [-0.1, -0.05) is 62.7 Å². The lowest BCUT2D eigenvalue weighted by molar-refractivity contribution is 0.0321. The summed E-state index contributed by atoms with van der Waals surface area (Å²) in [7, 11) is 0. The first kappa shape index (κ1) is 19.4. The van der Waals surface area contributed by atoms with E-state index in [4.69, 9.17) is 4.74 Å². The maximum Gasteiger partial charge on any atom is 0.144 e. The first-order valence-electron chi connectivity index (χ1n) is 9.94. The van der Waals surface area contributed by atoms with Crippen LogP contribution in [-0.4, -0.2) is 15.7 Å². The van der Waals surface area contributed by atoms with Crippen molar-refractivity contribution in [2.45, 2.75) is 59.7 Å². The fraction of sp³-hybridized carbons (Fsp3) is 0.375. The number of benzene rings is 2. The SMILES string of the molecule is CCCC(CC)OCc1cc(C)c(-n2ccnc2-c2ccccc2)c(C)c1.